The van der Waals surface area contributed by atoms with Gasteiger partial charge in [0.15, 0.2) is 5.60 Å². The number of carboxylic acid groups (broad SMARTS) is 1. The van der Waals surface area contributed by atoms with Crippen molar-refractivity contribution < 1.29 is 43.5 Å². The van der Waals surface area contributed by atoms with Gasteiger partial charge in [-0.3, -0.25) is 9.59 Å². The molecule has 0 aromatic rings. The molecule has 122 valence electrons. The van der Waals surface area contributed by atoms with Crippen LogP contribution in [-0.2, 0) is 33.3 Å². The minimum Gasteiger partial charge on any atom is -0.481 e. The van der Waals surface area contributed by atoms with Gasteiger partial charge in [0.05, 0.1) is 19.4 Å². The van der Waals surface area contributed by atoms with Crippen LogP contribution in [0.2, 0.25) is 0 Å². The molecule has 1 unspecified atom stereocenters. The van der Waals surface area contributed by atoms with E-state index < -0.39 is 42.3 Å². The Kier molecular flexibility index (Phi) is 7.27. The van der Waals surface area contributed by atoms with E-state index >= 15 is 0 Å². The fraction of sp³-hybridized carbons (Fsp3) is 0.750. The van der Waals surface area contributed by atoms with Crippen LogP contribution in [0.3, 0.4) is 0 Å². The molecule has 0 aliphatic carbocycles. The van der Waals surface area contributed by atoms with Crippen molar-refractivity contribution in [2.45, 2.75) is 38.3 Å². The van der Waals surface area contributed by atoms with Crippen LogP contribution in [0.4, 0.5) is 0 Å². The first-order valence-electron chi connectivity index (χ1n) is 6.06. The highest BCUT2D eigenvalue weighted by Crippen LogP contribution is 2.23. The molecule has 0 aliphatic heterocycles. The zero-order chi connectivity index (χ0) is 16.7. The van der Waals surface area contributed by atoms with Crippen LogP contribution >= 0.6 is 0 Å². The zero-order valence-corrected chi connectivity index (χ0v) is 12.4. The van der Waals surface area contributed by atoms with E-state index in [9.17, 15) is 19.5 Å². The number of rotatable bonds is 9. The maximum atomic E-state index is 12.0. The van der Waals surface area contributed by atoms with Gasteiger partial charge in [-0.2, -0.15) is 0 Å². The smallest absolute Gasteiger partial charge is 0.343 e. The van der Waals surface area contributed by atoms with Gasteiger partial charge in [-0.15, -0.1) is 0 Å². The van der Waals surface area contributed by atoms with Crippen molar-refractivity contribution in [1.82, 2.24) is 0 Å². The average molecular weight is 308 g/mol. The summed E-state index contributed by atoms with van der Waals surface area (Å²) < 4.78 is 18.9. The summed E-state index contributed by atoms with van der Waals surface area (Å²) >= 11 is 0. The maximum absolute atomic E-state index is 12.0. The van der Waals surface area contributed by atoms with E-state index in [1.54, 1.807) is 0 Å². The standard InChI is InChI=1S/C12H20O9/c1-5-20-9(15)7-12(17,6-8(13)14)10(16)21-11(2,18-3)19-4/h17H,5-7H2,1-4H3,(H,13,14). The van der Waals surface area contributed by atoms with E-state index in [0.717, 1.165) is 0 Å². The first kappa shape index (κ1) is 19.3. The molecule has 0 amide bonds. The minimum absolute atomic E-state index is 0.0187. The van der Waals surface area contributed by atoms with Crippen molar-refractivity contribution in [3.63, 3.8) is 0 Å². The maximum Gasteiger partial charge on any atom is 0.343 e. The molecule has 2 N–H and O–H groups in total. The predicted molar refractivity (Wildman–Crippen MR) is 67.0 cm³/mol. The monoisotopic (exact) mass is 308 g/mol. The molecule has 0 aliphatic rings. The van der Waals surface area contributed by atoms with Gasteiger partial charge in [0.1, 0.15) is 0 Å². The third-order valence-electron chi connectivity index (χ3n) is 2.59. The summed E-state index contributed by atoms with van der Waals surface area (Å²) in [6.07, 6.45) is -1.90. The van der Waals surface area contributed by atoms with Crippen molar-refractivity contribution >= 4 is 17.9 Å². The Hall–Kier alpha value is -1.71. The van der Waals surface area contributed by atoms with Crippen LogP contribution in [0.1, 0.15) is 26.7 Å². The van der Waals surface area contributed by atoms with Gasteiger partial charge in [-0.1, -0.05) is 0 Å². The molecule has 0 saturated heterocycles. The number of aliphatic hydroxyl groups is 1. The molecule has 9 heteroatoms. The molecule has 0 spiro atoms. The molecule has 0 aromatic heterocycles. The lowest BCUT2D eigenvalue weighted by Crippen LogP contribution is -2.49. The van der Waals surface area contributed by atoms with Crippen LogP contribution in [0.15, 0.2) is 0 Å². The minimum atomic E-state index is -2.59. The average Bonchev–Trinajstić information content (AvgIpc) is 2.37. The Labute approximate surface area is 121 Å². The van der Waals surface area contributed by atoms with Crippen LogP contribution in [0.25, 0.3) is 0 Å². The summed E-state index contributed by atoms with van der Waals surface area (Å²) in [5.74, 6) is -5.62. The van der Waals surface area contributed by atoms with E-state index in [1.165, 1.54) is 28.1 Å². The fourth-order valence-electron chi connectivity index (χ4n) is 1.34. The molecule has 0 aromatic carbocycles. The summed E-state index contributed by atoms with van der Waals surface area (Å²) in [5.41, 5.74) is -2.59. The number of carboxylic acids is 1. The van der Waals surface area contributed by atoms with Crippen LogP contribution in [0, 0.1) is 0 Å². The summed E-state index contributed by atoms with van der Waals surface area (Å²) in [6, 6.07) is 0. The van der Waals surface area contributed by atoms with Crippen molar-refractivity contribution in [2.75, 3.05) is 20.8 Å². The third kappa shape index (κ3) is 6.06. The Morgan fingerprint density at radius 2 is 1.62 bits per heavy atom. The summed E-state index contributed by atoms with van der Waals surface area (Å²) in [4.78, 5) is 34.2. The van der Waals surface area contributed by atoms with E-state index in [1.807, 2.05) is 0 Å². The molecular formula is C12H20O9. The van der Waals surface area contributed by atoms with E-state index in [0.29, 0.717) is 0 Å². The molecule has 1 atom stereocenters. The lowest BCUT2D eigenvalue weighted by atomic mass is 9.95. The fourth-order valence-corrected chi connectivity index (χ4v) is 1.34. The zero-order valence-electron chi connectivity index (χ0n) is 12.4. The Balaban J connectivity index is 5.16. The quantitative estimate of drug-likeness (QED) is 0.434. The van der Waals surface area contributed by atoms with Gasteiger partial charge < -0.3 is 29.2 Å². The molecule has 0 bridgehead atoms. The molecule has 0 radical (unpaired) electrons. The van der Waals surface area contributed by atoms with Crippen molar-refractivity contribution in [3.8, 4) is 0 Å². The van der Waals surface area contributed by atoms with E-state index in [2.05, 4.69) is 4.74 Å². The highest BCUT2D eigenvalue weighted by atomic mass is 16.9. The van der Waals surface area contributed by atoms with Gasteiger partial charge in [0.2, 0.25) is 0 Å². The van der Waals surface area contributed by atoms with Gasteiger partial charge >= 0.3 is 23.9 Å². The Morgan fingerprint density at radius 1 is 1.10 bits per heavy atom. The predicted octanol–water partition coefficient (Wildman–Crippen LogP) is -0.345. The van der Waals surface area contributed by atoms with Gasteiger partial charge in [-0.05, 0) is 6.92 Å². The highest BCUT2D eigenvalue weighted by molar-refractivity contribution is 5.89. The second-order valence-electron chi connectivity index (χ2n) is 4.24. The van der Waals surface area contributed by atoms with Crippen LogP contribution in [-0.4, -0.2) is 60.5 Å². The number of aliphatic carboxylic acids is 1. The molecular weight excluding hydrogens is 288 g/mol. The SMILES string of the molecule is CCOC(=O)CC(O)(CC(=O)O)C(=O)OC(C)(OC)OC. The lowest BCUT2D eigenvalue weighted by Gasteiger charge is -2.30. The van der Waals surface area contributed by atoms with Crippen molar-refractivity contribution in [2.24, 2.45) is 0 Å². The molecule has 0 saturated carbocycles. The van der Waals surface area contributed by atoms with Crippen molar-refractivity contribution in [3.05, 3.63) is 0 Å². The number of esters is 2. The Morgan fingerprint density at radius 3 is 2.00 bits per heavy atom. The molecule has 0 rings (SSSR count). The third-order valence-corrected chi connectivity index (χ3v) is 2.59. The van der Waals surface area contributed by atoms with Gasteiger partial charge in [0, 0.05) is 21.1 Å². The lowest BCUT2D eigenvalue weighted by molar-refractivity contribution is -0.338. The topological polar surface area (TPSA) is 129 Å². The number of hydrogen-bond acceptors (Lipinski definition) is 8. The number of carbonyl (C=O) groups excluding carboxylic acids is 2. The van der Waals surface area contributed by atoms with Gasteiger partial charge in [0.25, 0.3) is 0 Å². The van der Waals surface area contributed by atoms with Crippen LogP contribution < -0.4 is 0 Å². The first-order chi connectivity index (χ1) is 9.62. The van der Waals surface area contributed by atoms with Crippen molar-refractivity contribution in [1.29, 1.82) is 0 Å². The second-order valence-corrected chi connectivity index (χ2v) is 4.24. The molecule has 0 heterocycles. The second kappa shape index (κ2) is 7.91. The van der Waals surface area contributed by atoms with Crippen LogP contribution in [0.5, 0.6) is 0 Å². The summed E-state index contributed by atoms with van der Waals surface area (Å²) in [7, 11) is 2.36. The first-order valence-corrected chi connectivity index (χ1v) is 6.06. The number of methoxy groups -OCH3 is 2. The molecule has 21 heavy (non-hydrogen) atoms. The van der Waals surface area contributed by atoms with Gasteiger partial charge in [-0.25, -0.2) is 4.79 Å². The highest BCUT2D eigenvalue weighted by Gasteiger charge is 2.46. The largest absolute Gasteiger partial charge is 0.481 e. The number of carbonyl (C=O) groups is 3. The number of hydrogen-bond donors (Lipinski definition) is 2. The van der Waals surface area contributed by atoms with E-state index in [-0.39, 0.29) is 6.61 Å². The normalized spacial score (nSPS) is 14.1. The van der Waals surface area contributed by atoms with E-state index in [4.69, 9.17) is 19.3 Å². The molecule has 0 fully saturated rings. The number of ether oxygens (including phenoxy) is 4. The summed E-state index contributed by atoms with van der Waals surface area (Å²) in [6.45, 7) is 2.78. The molecule has 9 nitrogen and oxygen atoms in total. The summed E-state index contributed by atoms with van der Waals surface area (Å²) in [5, 5.41) is 18.9. The Bertz CT molecular complexity index is 388.